The van der Waals surface area contributed by atoms with Crippen molar-refractivity contribution in [3.8, 4) is 5.75 Å². The molecule has 2 aromatic rings. The van der Waals surface area contributed by atoms with Crippen LogP contribution in [0.4, 0.5) is 5.69 Å². The molecule has 0 aliphatic heterocycles. The first-order valence-electron chi connectivity index (χ1n) is 8.45. The number of ether oxygens (including phenoxy) is 2. The highest BCUT2D eigenvalue weighted by Crippen LogP contribution is 2.16. The molecule has 0 spiro atoms. The van der Waals surface area contributed by atoms with E-state index in [9.17, 15) is 14.4 Å². The maximum Gasteiger partial charge on any atom is 0.310 e. The Labute approximate surface area is 157 Å². The molecule has 27 heavy (non-hydrogen) atoms. The van der Waals surface area contributed by atoms with Crippen molar-refractivity contribution in [3.05, 3.63) is 59.7 Å². The van der Waals surface area contributed by atoms with Crippen LogP contribution in [-0.4, -0.2) is 30.5 Å². The summed E-state index contributed by atoms with van der Waals surface area (Å²) >= 11 is 0. The minimum Gasteiger partial charge on any atom is -0.493 e. The zero-order valence-electron chi connectivity index (χ0n) is 15.2. The van der Waals surface area contributed by atoms with Crippen molar-refractivity contribution in [2.24, 2.45) is 5.73 Å². The van der Waals surface area contributed by atoms with Crippen LogP contribution in [0.2, 0.25) is 0 Å². The molecule has 0 radical (unpaired) electrons. The van der Waals surface area contributed by atoms with Gasteiger partial charge in [-0.3, -0.25) is 14.4 Å². The highest BCUT2D eigenvalue weighted by atomic mass is 16.5. The number of carbonyl (C=O) groups excluding carboxylic acids is 3. The van der Waals surface area contributed by atoms with Gasteiger partial charge in [0.1, 0.15) is 5.75 Å². The summed E-state index contributed by atoms with van der Waals surface area (Å²) in [5, 5.41) is 2.60. The Morgan fingerprint density at radius 1 is 1.07 bits per heavy atom. The molecule has 0 aromatic heterocycles. The molecule has 0 unspecified atom stereocenters. The van der Waals surface area contributed by atoms with Gasteiger partial charge in [-0.1, -0.05) is 18.2 Å². The molecule has 0 fully saturated rings. The van der Waals surface area contributed by atoms with Gasteiger partial charge in [0.25, 0.3) is 5.91 Å². The quantitative estimate of drug-likeness (QED) is 0.694. The topological polar surface area (TPSA) is 108 Å². The largest absolute Gasteiger partial charge is 0.493 e. The van der Waals surface area contributed by atoms with Crippen molar-refractivity contribution in [1.29, 1.82) is 0 Å². The molecule has 0 bridgehead atoms. The monoisotopic (exact) mass is 370 g/mol. The molecule has 2 amide bonds. The number of rotatable bonds is 8. The number of hydrogen-bond acceptors (Lipinski definition) is 5. The van der Waals surface area contributed by atoms with Gasteiger partial charge >= 0.3 is 5.97 Å². The lowest BCUT2D eigenvalue weighted by Crippen LogP contribution is -2.30. The zero-order chi connectivity index (χ0) is 19.8. The first-order valence-corrected chi connectivity index (χ1v) is 8.45. The van der Waals surface area contributed by atoms with E-state index < -0.39 is 23.9 Å². The van der Waals surface area contributed by atoms with E-state index in [2.05, 4.69) is 5.32 Å². The Kier molecular flexibility index (Phi) is 6.93. The summed E-state index contributed by atoms with van der Waals surface area (Å²) in [6.07, 6.45) is -0.939. The summed E-state index contributed by atoms with van der Waals surface area (Å²) in [5.41, 5.74) is 6.94. The molecular formula is C20H22N2O5. The molecule has 0 saturated heterocycles. The Morgan fingerprint density at radius 3 is 2.37 bits per heavy atom. The number of esters is 1. The van der Waals surface area contributed by atoms with Gasteiger partial charge < -0.3 is 20.5 Å². The normalized spacial score (nSPS) is 11.3. The molecule has 0 aliphatic carbocycles. The lowest BCUT2D eigenvalue weighted by molar-refractivity contribution is -0.153. The standard InChI is InChI=1S/C20H22N2O5/c1-13-5-3-4-6-17(13)26-12-11-18(23)27-14(2)20(25)22-16-9-7-15(8-10-16)19(21)24/h3-10,14H,11-12H2,1-2H3,(H2,21,24)(H,22,25)/t14-/m0/s1. The van der Waals surface area contributed by atoms with E-state index in [1.807, 2.05) is 31.2 Å². The third kappa shape index (κ3) is 6.14. The van der Waals surface area contributed by atoms with Gasteiger partial charge in [0.2, 0.25) is 5.91 Å². The van der Waals surface area contributed by atoms with E-state index in [1.54, 1.807) is 12.1 Å². The number of para-hydroxylation sites is 1. The molecule has 142 valence electrons. The fourth-order valence-electron chi connectivity index (χ4n) is 2.23. The average Bonchev–Trinajstić information content (AvgIpc) is 2.63. The third-order valence-electron chi connectivity index (χ3n) is 3.77. The number of nitrogens with two attached hydrogens (primary N) is 1. The summed E-state index contributed by atoms with van der Waals surface area (Å²) in [7, 11) is 0. The molecule has 2 rings (SSSR count). The average molecular weight is 370 g/mol. The minimum absolute atomic E-state index is 0.0270. The van der Waals surface area contributed by atoms with Crippen molar-refractivity contribution in [2.75, 3.05) is 11.9 Å². The third-order valence-corrected chi connectivity index (χ3v) is 3.77. The lowest BCUT2D eigenvalue weighted by atomic mass is 10.2. The molecule has 2 aromatic carbocycles. The molecule has 7 nitrogen and oxygen atoms in total. The van der Waals surface area contributed by atoms with Gasteiger partial charge in [-0.15, -0.1) is 0 Å². The Morgan fingerprint density at radius 2 is 1.74 bits per heavy atom. The Bertz CT molecular complexity index is 817. The van der Waals surface area contributed by atoms with Crippen LogP contribution in [0.3, 0.4) is 0 Å². The molecule has 0 heterocycles. The Hall–Kier alpha value is -3.35. The second-order valence-corrected chi connectivity index (χ2v) is 5.93. The van der Waals surface area contributed by atoms with Gasteiger partial charge in [0, 0.05) is 11.3 Å². The van der Waals surface area contributed by atoms with Crippen LogP contribution in [0, 0.1) is 6.92 Å². The van der Waals surface area contributed by atoms with Gasteiger partial charge in [-0.25, -0.2) is 0 Å². The van der Waals surface area contributed by atoms with E-state index in [-0.39, 0.29) is 13.0 Å². The maximum atomic E-state index is 12.1. The second-order valence-electron chi connectivity index (χ2n) is 5.93. The van der Waals surface area contributed by atoms with Gasteiger partial charge in [0.15, 0.2) is 6.10 Å². The fraction of sp³-hybridized carbons (Fsp3) is 0.250. The summed E-state index contributed by atoms with van der Waals surface area (Å²) in [5.74, 6) is -0.858. The van der Waals surface area contributed by atoms with Gasteiger partial charge in [0.05, 0.1) is 13.0 Å². The zero-order valence-corrected chi connectivity index (χ0v) is 15.2. The number of carbonyl (C=O) groups is 3. The first-order chi connectivity index (χ1) is 12.9. The van der Waals surface area contributed by atoms with Crippen LogP contribution in [0.1, 0.15) is 29.3 Å². The maximum absolute atomic E-state index is 12.1. The molecule has 0 aliphatic rings. The number of hydrogen-bond donors (Lipinski definition) is 2. The van der Waals surface area contributed by atoms with Crippen LogP contribution in [0.5, 0.6) is 5.75 Å². The molecule has 0 saturated carbocycles. The van der Waals surface area contributed by atoms with Crippen molar-refractivity contribution in [3.63, 3.8) is 0 Å². The van der Waals surface area contributed by atoms with E-state index >= 15 is 0 Å². The highest BCUT2D eigenvalue weighted by molar-refractivity contribution is 5.96. The second kappa shape index (κ2) is 9.38. The summed E-state index contributed by atoms with van der Waals surface area (Å²) in [6, 6.07) is 13.6. The number of aryl methyl sites for hydroxylation is 1. The number of primary amides is 1. The lowest BCUT2D eigenvalue weighted by Gasteiger charge is -2.14. The smallest absolute Gasteiger partial charge is 0.310 e. The van der Waals surface area contributed by atoms with Crippen LogP contribution in [0.15, 0.2) is 48.5 Å². The van der Waals surface area contributed by atoms with E-state index in [1.165, 1.54) is 19.1 Å². The van der Waals surface area contributed by atoms with Crippen molar-refractivity contribution >= 4 is 23.5 Å². The summed E-state index contributed by atoms with van der Waals surface area (Å²) in [4.78, 5) is 35.0. The molecular weight excluding hydrogens is 348 g/mol. The number of nitrogens with one attached hydrogen (secondary N) is 1. The van der Waals surface area contributed by atoms with Crippen LogP contribution >= 0.6 is 0 Å². The molecule has 1 atom stereocenters. The summed E-state index contributed by atoms with van der Waals surface area (Å²) in [6.45, 7) is 3.55. The highest BCUT2D eigenvalue weighted by Gasteiger charge is 2.18. The van der Waals surface area contributed by atoms with E-state index in [0.717, 1.165) is 5.56 Å². The van der Waals surface area contributed by atoms with E-state index in [0.29, 0.717) is 17.0 Å². The molecule has 3 N–H and O–H groups in total. The fourth-order valence-corrected chi connectivity index (χ4v) is 2.23. The van der Waals surface area contributed by atoms with Gasteiger partial charge in [-0.2, -0.15) is 0 Å². The van der Waals surface area contributed by atoms with E-state index in [4.69, 9.17) is 15.2 Å². The van der Waals surface area contributed by atoms with Crippen LogP contribution in [0.25, 0.3) is 0 Å². The number of benzene rings is 2. The molecule has 7 heteroatoms. The van der Waals surface area contributed by atoms with Gasteiger partial charge in [-0.05, 0) is 49.7 Å². The Balaban J connectivity index is 1.77. The number of anilines is 1. The van der Waals surface area contributed by atoms with Crippen molar-refractivity contribution in [2.45, 2.75) is 26.4 Å². The van der Waals surface area contributed by atoms with Crippen molar-refractivity contribution < 1.29 is 23.9 Å². The first kappa shape index (κ1) is 20.0. The minimum atomic E-state index is -0.966. The van der Waals surface area contributed by atoms with Crippen LogP contribution in [-0.2, 0) is 14.3 Å². The van der Waals surface area contributed by atoms with Crippen LogP contribution < -0.4 is 15.8 Å². The predicted molar refractivity (Wildman–Crippen MR) is 100 cm³/mol. The number of amides is 2. The summed E-state index contributed by atoms with van der Waals surface area (Å²) < 4.78 is 10.6. The predicted octanol–water partition coefficient (Wildman–Crippen LogP) is 2.43. The van der Waals surface area contributed by atoms with Crippen molar-refractivity contribution in [1.82, 2.24) is 0 Å². The SMILES string of the molecule is Cc1ccccc1OCCC(=O)O[C@@H](C)C(=O)Nc1ccc(C(N)=O)cc1.